The molecule has 1 atom stereocenters. The topological polar surface area (TPSA) is 45.7 Å². The molecule has 1 amide bonds. The number of carbonyl (C=O) groups is 1. The Hall–Kier alpha value is -2.40. The Labute approximate surface area is 142 Å². The third-order valence-corrected chi connectivity index (χ3v) is 4.30. The van der Waals surface area contributed by atoms with E-state index in [4.69, 9.17) is 4.74 Å². The van der Waals surface area contributed by atoms with Crippen molar-refractivity contribution < 1.29 is 9.53 Å². The van der Waals surface area contributed by atoms with Crippen molar-refractivity contribution in [2.75, 3.05) is 26.7 Å². The lowest BCUT2D eigenvalue weighted by molar-refractivity contribution is 0.0533. The second kappa shape index (κ2) is 7.45. The van der Waals surface area contributed by atoms with Gasteiger partial charge in [0.05, 0.1) is 0 Å². The molecule has 5 nitrogen and oxygen atoms in total. The van der Waals surface area contributed by atoms with Gasteiger partial charge in [0.1, 0.15) is 12.4 Å². The minimum absolute atomic E-state index is 0.0717. The van der Waals surface area contributed by atoms with Gasteiger partial charge in [-0.1, -0.05) is 12.1 Å². The Morgan fingerprint density at radius 1 is 1.29 bits per heavy atom. The van der Waals surface area contributed by atoms with Crippen molar-refractivity contribution in [1.82, 2.24) is 14.8 Å². The van der Waals surface area contributed by atoms with E-state index in [0.717, 1.165) is 25.2 Å². The van der Waals surface area contributed by atoms with E-state index >= 15 is 0 Å². The molecule has 0 unspecified atom stereocenters. The van der Waals surface area contributed by atoms with Crippen molar-refractivity contribution in [3.05, 3.63) is 59.9 Å². The largest absolute Gasteiger partial charge is 0.489 e. The quantitative estimate of drug-likeness (QED) is 0.866. The first-order valence-corrected chi connectivity index (χ1v) is 8.25. The number of hydrogen-bond acceptors (Lipinski definition) is 4. The molecule has 2 aromatic rings. The molecule has 2 heterocycles. The van der Waals surface area contributed by atoms with Crippen LogP contribution < -0.4 is 4.74 Å². The van der Waals surface area contributed by atoms with Gasteiger partial charge in [-0.3, -0.25) is 9.78 Å². The molecule has 126 valence electrons. The first kappa shape index (κ1) is 16.5. The van der Waals surface area contributed by atoms with E-state index in [0.29, 0.717) is 17.9 Å². The molecule has 1 aromatic heterocycles. The Bertz CT molecular complexity index is 690. The monoisotopic (exact) mass is 325 g/mol. The number of ether oxygens (including phenoxy) is 1. The highest BCUT2D eigenvalue weighted by molar-refractivity contribution is 5.94. The van der Waals surface area contributed by atoms with Crippen LogP contribution in [0, 0.1) is 0 Å². The van der Waals surface area contributed by atoms with Crippen LogP contribution in [-0.2, 0) is 6.61 Å². The van der Waals surface area contributed by atoms with Gasteiger partial charge in [-0.15, -0.1) is 0 Å². The van der Waals surface area contributed by atoms with E-state index in [2.05, 4.69) is 23.9 Å². The molecular weight excluding hydrogens is 302 g/mol. The van der Waals surface area contributed by atoms with Gasteiger partial charge in [0.2, 0.25) is 0 Å². The van der Waals surface area contributed by atoms with E-state index in [9.17, 15) is 4.79 Å². The number of hydrogen-bond donors (Lipinski definition) is 0. The maximum atomic E-state index is 12.8. The number of pyridine rings is 1. The van der Waals surface area contributed by atoms with Crippen molar-refractivity contribution >= 4 is 5.91 Å². The fourth-order valence-electron chi connectivity index (χ4n) is 2.98. The van der Waals surface area contributed by atoms with Crippen LogP contribution >= 0.6 is 0 Å². The second-order valence-electron chi connectivity index (χ2n) is 6.29. The Kier molecular flexibility index (Phi) is 5.11. The standard InChI is InChI=1S/C19H23N3O2/c1-15-13-21(2)9-10-22(15)19(23)17-6-3-7-18(11-17)24-14-16-5-4-8-20-12-16/h3-8,11-12,15H,9-10,13-14H2,1-2H3/t15-/m1/s1. The van der Waals surface area contributed by atoms with E-state index in [-0.39, 0.29) is 11.9 Å². The highest BCUT2D eigenvalue weighted by Crippen LogP contribution is 2.19. The molecule has 1 aromatic carbocycles. The van der Waals surface area contributed by atoms with E-state index in [1.165, 1.54) is 0 Å². The molecule has 1 aliphatic heterocycles. The number of aromatic nitrogens is 1. The average Bonchev–Trinajstić information content (AvgIpc) is 2.61. The normalized spacial score (nSPS) is 18.4. The molecule has 0 bridgehead atoms. The lowest BCUT2D eigenvalue weighted by Gasteiger charge is -2.38. The number of piperazine rings is 1. The van der Waals surface area contributed by atoms with Crippen molar-refractivity contribution in [2.24, 2.45) is 0 Å². The zero-order valence-corrected chi connectivity index (χ0v) is 14.2. The van der Waals surface area contributed by atoms with Crippen LogP contribution in [0.2, 0.25) is 0 Å². The number of amides is 1. The highest BCUT2D eigenvalue weighted by Gasteiger charge is 2.26. The van der Waals surface area contributed by atoms with Gasteiger partial charge in [0.25, 0.3) is 5.91 Å². The predicted octanol–water partition coefficient (Wildman–Crippen LogP) is 2.44. The van der Waals surface area contributed by atoms with Gasteiger partial charge in [-0.25, -0.2) is 0 Å². The molecule has 24 heavy (non-hydrogen) atoms. The smallest absolute Gasteiger partial charge is 0.254 e. The molecule has 1 aliphatic rings. The lowest BCUT2D eigenvalue weighted by atomic mass is 10.1. The summed E-state index contributed by atoms with van der Waals surface area (Å²) in [5.74, 6) is 0.772. The minimum Gasteiger partial charge on any atom is -0.489 e. The summed E-state index contributed by atoms with van der Waals surface area (Å²) in [6.45, 7) is 5.11. The fourth-order valence-corrected chi connectivity index (χ4v) is 2.98. The minimum atomic E-state index is 0.0717. The van der Waals surface area contributed by atoms with Crippen LogP contribution in [0.4, 0.5) is 0 Å². The molecule has 1 saturated heterocycles. The summed E-state index contributed by atoms with van der Waals surface area (Å²) in [5, 5.41) is 0. The number of benzene rings is 1. The van der Waals surface area contributed by atoms with Gasteiger partial charge >= 0.3 is 0 Å². The first-order valence-electron chi connectivity index (χ1n) is 8.25. The van der Waals surface area contributed by atoms with E-state index in [1.54, 1.807) is 12.4 Å². The van der Waals surface area contributed by atoms with Gasteiger partial charge in [0, 0.05) is 49.2 Å². The first-order chi connectivity index (χ1) is 11.6. The van der Waals surface area contributed by atoms with Crippen molar-refractivity contribution in [3.8, 4) is 5.75 Å². The zero-order valence-electron chi connectivity index (χ0n) is 14.2. The average molecular weight is 325 g/mol. The van der Waals surface area contributed by atoms with Crippen molar-refractivity contribution in [1.29, 1.82) is 0 Å². The van der Waals surface area contributed by atoms with Crippen LogP contribution in [0.1, 0.15) is 22.8 Å². The maximum Gasteiger partial charge on any atom is 0.254 e. The summed E-state index contributed by atoms with van der Waals surface area (Å²) < 4.78 is 5.80. The third kappa shape index (κ3) is 3.92. The summed E-state index contributed by atoms with van der Waals surface area (Å²) >= 11 is 0. The van der Waals surface area contributed by atoms with Gasteiger partial charge in [-0.05, 0) is 38.2 Å². The molecule has 0 spiro atoms. The van der Waals surface area contributed by atoms with Crippen LogP contribution in [-0.4, -0.2) is 53.4 Å². The molecule has 0 radical (unpaired) electrons. The second-order valence-corrected chi connectivity index (χ2v) is 6.29. The molecule has 0 saturated carbocycles. The Balaban J connectivity index is 1.67. The Morgan fingerprint density at radius 3 is 2.92 bits per heavy atom. The summed E-state index contributed by atoms with van der Waals surface area (Å²) in [7, 11) is 2.09. The van der Waals surface area contributed by atoms with Gasteiger partial charge < -0.3 is 14.5 Å². The van der Waals surface area contributed by atoms with Gasteiger partial charge in [0.15, 0.2) is 0 Å². The number of rotatable bonds is 4. The number of likely N-dealkylation sites (N-methyl/N-ethyl adjacent to an activating group) is 1. The van der Waals surface area contributed by atoms with Crippen LogP contribution in [0.25, 0.3) is 0 Å². The van der Waals surface area contributed by atoms with Crippen LogP contribution in [0.3, 0.4) is 0 Å². The van der Waals surface area contributed by atoms with Gasteiger partial charge in [-0.2, -0.15) is 0 Å². The summed E-state index contributed by atoms with van der Waals surface area (Å²) in [6, 6.07) is 11.5. The molecule has 0 aliphatic carbocycles. The lowest BCUT2D eigenvalue weighted by Crippen LogP contribution is -2.52. The van der Waals surface area contributed by atoms with Crippen LogP contribution in [0.5, 0.6) is 5.75 Å². The predicted molar refractivity (Wildman–Crippen MR) is 93.0 cm³/mol. The summed E-state index contributed by atoms with van der Waals surface area (Å²) in [5.41, 5.74) is 1.68. The molecule has 0 N–H and O–H groups in total. The fraction of sp³-hybridized carbons (Fsp3) is 0.368. The highest BCUT2D eigenvalue weighted by atomic mass is 16.5. The van der Waals surface area contributed by atoms with E-state index < -0.39 is 0 Å². The van der Waals surface area contributed by atoms with Crippen molar-refractivity contribution in [3.63, 3.8) is 0 Å². The maximum absolute atomic E-state index is 12.8. The molecule has 1 fully saturated rings. The molecule has 5 heteroatoms. The Morgan fingerprint density at radius 2 is 2.17 bits per heavy atom. The zero-order chi connectivity index (χ0) is 16.9. The van der Waals surface area contributed by atoms with Crippen LogP contribution in [0.15, 0.2) is 48.8 Å². The molecular formula is C19H23N3O2. The number of nitrogens with zero attached hydrogens (tertiary/aromatic N) is 3. The molecule has 3 rings (SSSR count). The number of carbonyl (C=O) groups excluding carboxylic acids is 1. The SMILES string of the molecule is C[C@@H]1CN(C)CCN1C(=O)c1cccc(OCc2cccnc2)c1. The summed E-state index contributed by atoms with van der Waals surface area (Å²) in [6.07, 6.45) is 3.51. The van der Waals surface area contributed by atoms with E-state index in [1.807, 2.05) is 41.3 Å². The summed E-state index contributed by atoms with van der Waals surface area (Å²) in [4.78, 5) is 21.1. The third-order valence-electron chi connectivity index (χ3n) is 4.30. The van der Waals surface area contributed by atoms with Crippen molar-refractivity contribution in [2.45, 2.75) is 19.6 Å².